The van der Waals surface area contributed by atoms with E-state index in [0.717, 1.165) is 18.3 Å². The van der Waals surface area contributed by atoms with Gasteiger partial charge in [0.1, 0.15) is 42.8 Å². The number of carbonyl (C=O) groups excluding carboxylic acids is 2. The van der Waals surface area contributed by atoms with Crippen LogP contribution in [0.15, 0.2) is 18.5 Å². The topological polar surface area (TPSA) is 206 Å². The number of carbonyl (C=O) groups is 2. The van der Waals surface area contributed by atoms with Gasteiger partial charge >= 0.3 is 11.9 Å². The van der Waals surface area contributed by atoms with E-state index in [1.54, 1.807) is 0 Å². The smallest absolute Gasteiger partial charge is 0.341 e. The van der Waals surface area contributed by atoms with Crippen LogP contribution >= 0.6 is 0 Å². The Bertz CT molecular complexity index is 1120. The molecule has 0 aliphatic carbocycles. The number of aliphatic hydroxyl groups is 3. The summed E-state index contributed by atoms with van der Waals surface area (Å²) in [6.45, 7) is 0.565. The van der Waals surface area contributed by atoms with E-state index < -0.39 is 54.1 Å². The number of esters is 2. The number of methoxy groups -OCH3 is 1. The minimum Gasteiger partial charge on any atom is -0.467 e. The van der Waals surface area contributed by atoms with Gasteiger partial charge in [0.25, 0.3) is 0 Å². The Morgan fingerprint density at radius 1 is 1.41 bits per heavy atom. The Labute approximate surface area is 194 Å². The van der Waals surface area contributed by atoms with Crippen LogP contribution in [0.4, 0.5) is 5.82 Å². The van der Waals surface area contributed by atoms with E-state index >= 15 is 0 Å². The van der Waals surface area contributed by atoms with Crippen molar-refractivity contribution in [2.75, 3.05) is 33.5 Å². The van der Waals surface area contributed by atoms with Crippen molar-refractivity contribution in [3.63, 3.8) is 0 Å². The van der Waals surface area contributed by atoms with Gasteiger partial charge in [-0.1, -0.05) is 0 Å². The number of hydrogen-bond acceptors (Lipinski definition) is 13. The second kappa shape index (κ2) is 9.12. The van der Waals surface area contributed by atoms with Crippen LogP contribution in [-0.4, -0.2) is 105 Å². The number of anilines is 1. The van der Waals surface area contributed by atoms with Gasteiger partial charge in [-0.05, 0) is 33.2 Å². The second-order valence-electron chi connectivity index (χ2n) is 8.03. The van der Waals surface area contributed by atoms with Crippen LogP contribution < -0.4 is 5.73 Å². The first-order valence-corrected chi connectivity index (χ1v) is 10.1. The molecule has 1 fully saturated rings. The zero-order valence-electron chi connectivity index (χ0n) is 18.9. The van der Waals surface area contributed by atoms with E-state index in [9.17, 15) is 30.2 Å². The molecule has 34 heavy (non-hydrogen) atoms. The summed E-state index contributed by atoms with van der Waals surface area (Å²) in [7, 11) is 3.80. The minimum absolute atomic E-state index is 0.0701. The first-order chi connectivity index (χ1) is 16.0. The fourth-order valence-corrected chi connectivity index (χ4v) is 4.14. The molecule has 0 unspecified atom stereocenters. The van der Waals surface area contributed by atoms with Crippen molar-refractivity contribution < 1.29 is 39.1 Å². The zero-order chi connectivity index (χ0) is 25.4. The summed E-state index contributed by atoms with van der Waals surface area (Å²) >= 11 is 0. The largest absolute Gasteiger partial charge is 0.467 e. The Balaban J connectivity index is 1.90. The van der Waals surface area contributed by atoms with Gasteiger partial charge in [0, 0.05) is 0 Å². The van der Waals surface area contributed by atoms with Gasteiger partial charge in [0.2, 0.25) is 11.1 Å². The lowest BCUT2D eigenvalue weighted by molar-refractivity contribution is -0.183. The third-order valence-electron chi connectivity index (χ3n) is 5.98. The van der Waals surface area contributed by atoms with Crippen LogP contribution in [0, 0.1) is 11.3 Å². The molecule has 14 heteroatoms. The molecule has 2 aromatic rings. The third kappa shape index (κ3) is 3.54. The molecule has 0 bridgehead atoms. The molecule has 2 aromatic heterocycles. The lowest BCUT2D eigenvalue weighted by Crippen LogP contribution is -2.65. The fraction of sp³-hybridized carbons (Fsp3) is 0.550. The molecule has 1 aliphatic heterocycles. The van der Waals surface area contributed by atoms with Crippen molar-refractivity contribution in [3.8, 4) is 6.07 Å². The molecular weight excluding hydrogens is 452 g/mol. The van der Waals surface area contributed by atoms with Gasteiger partial charge in [-0.3, -0.25) is 4.90 Å². The van der Waals surface area contributed by atoms with E-state index in [1.807, 2.05) is 6.07 Å². The van der Waals surface area contributed by atoms with E-state index in [0.29, 0.717) is 5.52 Å². The lowest BCUT2D eigenvalue weighted by atomic mass is 9.91. The number of nitrogen functional groups attached to an aromatic ring is 1. The predicted octanol–water partition coefficient (Wildman–Crippen LogP) is -2.45. The third-order valence-corrected chi connectivity index (χ3v) is 5.98. The average Bonchev–Trinajstić information content (AvgIpc) is 3.33. The summed E-state index contributed by atoms with van der Waals surface area (Å²) in [5, 5.41) is 45.6. The lowest BCUT2D eigenvalue weighted by Gasteiger charge is -2.36. The standard InChI is InChI=1S/C20H26N6O8/c1-10(27)20(25(2)3,17(30)32-4)18(31)33-7-12-14(28)15(29)19(8-21,34-12)13-6-5-11-16(22)23-9-24-26(11)13/h5-6,9-10,12,14-15,27-29H,7H2,1-4H3,(H2,22,23,24)/t10-,12-,14-,15-,19+,20+/m1/s1. The van der Waals surface area contributed by atoms with E-state index in [-0.39, 0.29) is 11.5 Å². The minimum atomic E-state index is -2.20. The fourth-order valence-electron chi connectivity index (χ4n) is 4.14. The van der Waals surface area contributed by atoms with Crippen LogP contribution in [0.25, 0.3) is 5.52 Å². The highest BCUT2D eigenvalue weighted by Gasteiger charge is 2.59. The zero-order valence-corrected chi connectivity index (χ0v) is 18.9. The molecule has 14 nitrogen and oxygen atoms in total. The molecular formula is C20H26N6O8. The molecule has 6 atom stereocenters. The first kappa shape index (κ1) is 25.3. The number of aromatic nitrogens is 3. The quantitative estimate of drug-likeness (QED) is 0.241. The molecule has 0 saturated carbocycles. The van der Waals surface area contributed by atoms with Crippen molar-refractivity contribution >= 4 is 23.3 Å². The molecule has 3 rings (SSSR count). The summed E-state index contributed by atoms with van der Waals surface area (Å²) in [5.74, 6) is -2.12. The highest BCUT2D eigenvalue weighted by molar-refractivity contribution is 6.05. The number of likely N-dealkylation sites (N-methyl/N-ethyl adjacent to an activating group) is 1. The maximum Gasteiger partial charge on any atom is 0.341 e. The average molecular weight is 478 g/mol. The number of rotatable bonds is 7. The predicted molar refractivity (Wildman–Crippen MR) is 113 cm³/mol. The SMILES string of the molecule is COC(=O)[C@](C(=O)OC[C@H]1O[C@@](C#N)(c2ccc3c(N)ncnn23)[C@H](O)[C@@H]1O)([C@@H](C)O)N(C)C. The van der Waals surface area contributed by atoms with E-state index in [4.69, 9.17) is 15.2 Å². The molecule has 0 radical (unpaired) electrons. The number of nitrogens with two attached hydrogens (primary N) is 1. The number of nitriles is 1. The summed E-state index contributed by atoms with van der Waals surface area (Å²) in [6.07, 6.45) is -5.16. The highest BCUT2D eigenvalue weighted by atomic mass is 16.6. The van der Waals surface area contributed by atoms with Gasteiger partial charge in [0.05, 0.1) is 18.9 Å². The first-order valence-electron chi connectivity index (χ1n) is 10.1. The Morgan fingerprint density at radius 3 is 2.65 bits per heavy atom. The molecule has 3 heterocycles. The number of aliphatic hydroxyl groups excluding tert-OH is 3. The van der Waals surface area contributed by atoms with Gasteiger partial charge in [0.15, 0.2) is 5.82 Å². The molecule has 1 aliphatic rings. The molecule has 0 spiro atoms. The second-order valence-corrected chi connectivity index (χ2v) is 8.03. The van der Waals surface area contributed by atoms with Crippen molar-refractivity contribution in [1.29, 1.82) is 5.26 Å². The van der Waals surface area contributed by atoms with Gasteiger partial charge in [-0.15, -0.1) is 0 Å². The molecule has 184 valence electrons. The Morgan fingerprint density at radius 2 is 2.09 bits per heavy atom. The highest BCUT2D eigenvalue weighted by Crippen LogP contribution is 2.40. The summed E-state index contributed by atoms with van der Waals surface area (Å²) < 4.78 is 16.9. The molecule has 0 aromatic carbocycles. The van der Waals surface area contributed by atoms with Crippen LogP contribution in [0.5, 0.6) is 0 Å². The van der Waals surface area contributed by atoms with Crippen molar-refractivity contribution in [3.05, 3.63) is 24.2 Å². The number of ether oxygens (including phenoxy) is 3. The van der Waals surface area contributed by atoms with Crippen molar-refractivity contribution in [1.82, 2.24) is 19.5 Å². The summed E-state index contributed by atoms with van der Waals surface area (Å²) in [5.41, 5.74) is 1.95. The number of hydrogen-bond donors (Lipinski definition) is 4. The molecule has 0 amide bonds. The normalized spacial score (nSPS) is 27.2. The summed E-state index contributed by atoms with van der Waals surface area (Å²) in [6, 6.07) is 4.82. The van der Waals surface area contributed by atoms with Crippen LogP contribution in [-0.2, 0) is 29.4 Å². The van der Waals surface area contributed by atoms with Gasteiger partial charge < -0.3 is 35.3 Å². The Kier molecular flexibility index (Phi) is 6.78. The van der Waals surface area contributed by atoms with E-state index in [1.165, 1.54) is 37.7 Å². The number of fused-ring (bicyclic) bond motifs is 1. The Hall–Kier alpha value is -3.35. The maximum atomic E-state index is 12.9. The monoisotopic (exact) mass is 478 g/mol. The van der Waals surface area contributed by atoms with Crippen LogP contribution in [0.1, 0.15) is 12.6 Å². The van der Waals surface area contributed by atoms with Crippen molar-refractivity contribution in [2.45, 2.75) is 42.5 Å². The number of nitrogens with zero attached hydrogens (tertiary/aromatic N) is 5. The van der Waals surface area contributed by atoms with Crippen LogP contribution in [0.3, 0.4) is 0 Å². The van der Waals surface area contributed by atoms with Crippen LogP contribution in [0.2, 0.25) is 0 Å². The van der Waals surface area contributed by atoms with E-state index in [2.05, 4.69) is 14.8 Å². The molecule has 5 N–H and O–H groups in total. The summed E-state index contributed by atoms with van der Waals surface area (Å²) in [4.78, 5) is 30.4. The van der Waals surface area contributed by atoms with Crippen molar-refractivity contribution in [2.24, 2.45) is 0 Å². The maximum absolute atomic E-state index is 12.9. The van der Waals surface area contributed by atoms with Gasteiger partial charge in [-0.2, -0.15) is 10.4 Å². The molecule has 1 saturated heterocycles. The van der Waals surface area contributed by atoms with Gasteiger partial charge in [-0.25, -0.2) is 19.1 Å².